The highest BCUT2D eigenvalue weighted by Gasteiger charge is 2.29. The second-order valence-corrected chi connectivity index (χ2v) is 5.07. The summed E-state index contributed by atoms with van der Waals surface area (Å²) in [5, 5.41) is 0. The Hall–Kier alpha value is -2.04. The third-order valence-corrected chi connectivity index (χ3v) is 3.66. The maximum atomic E-state index is 12.5. The summed E-state index contributed by atoms with van der Waals surface area (Å²) in [5.74, 6) is 0.251. The van der Waals surface area contributed by atoms with Gasteiger partial charge in [-0.05, 0) is 44.0 Å². The molecular weight excluding hydrogens is 270 g/mol. The Morgan fingerprint density at radius 3 is 2.62 bits per heavy atom. The van der Waals surface area contributed by atoms with Gasteiger partial charge in [0.2, 0.25) is 0 Å². The summed E-state index contributed by atoms with van der Waals surface area (Å²) in [6, 6.07) is 7.10. The van der Waals surface area contributed by atoms with Crippen molar-refractivity contribution in [2.24, 2.45) is 5.92 Å². The summed E-state index contributed by atoms with van der Waals surface area (Å²) < 4.78 is 10.1. The third-order valence-electron chi connectivity index (χ3n) is 3.66. The monoisotopic (exact) mass is 291 g/mol. The summed E-state index contributed by atoms with van der Waals surface area (Å²) in [7, 11) is 1.38. The molecule has 0 aliphatic carbocycles. The van der Waals surface area contributed by atoms with Gasteiger partial charge in [0.1, 0.15) is 5.75 Å². The first kappa shape index (κ1) is 15.4. The number of esters is 1. The van der Waals surface area contributed by atoms with E-state index in [0.29, 0.717) is 25.3 Å². The molecule has 0 unspecified atom stereocenters. The zero-order chi connectivity index (χ0) is 15.2. The molecule has 1 fully saturated rings. The summed E-state index contributed by atoms with van der Waals surface area (Å²) >= 11 is 0. The summed E-state index contributed by atoms with van der Waals surface area (Å²) in [5.41, 5.74) is 0.615. The molecule has 5 nitrogen and oxygen atoms in total. The molecule has 2 rings (SSSR count). The van der Waals surface area contributed by atoms with Crippen molar-refractivity contribution in [1.82, 2.24) is 4.90 Å². The van der Waals surface area contributed by atoms with Crippen LogP contribution in [-0.4, -0.2) is 43.6 Å². The number of piperidine rings is 1. The van der Waals surface area contributed by atoms with Crippen LogP contribution in [-0.2, 0) is 9.53 Å². The lowest BCUT2D eigenvalue weighted by Gasteiger charge is -2.31. The number of hydrogen-bond acceptors (Lipinski definition) is 4. The molecule has 114 valence electrons. The molecular formula is C16H21NO4. The van der Waals surface area contributed by atoms with Gasteiger partial charge < -0.3 is 14.4 Å². The molecule has 1 aromatic rings. The number of nitrogens with zero attached hydrogens (tertiary/aromatic N) is 1. The van der Waals surface area contributed by atoms with E-state index in [1.54, 1.807) is 29.2 Å². The molecule has 1 aliphatic heterocycles. The van der Waals surface area contributed by atoms with Crippen LogP contribution in [0.1, 0.15) is 30.1 Å². The molecule has 1 aromatic carbocycles. The molecule has 0 radical (unpaired) electrons. The first-order chi connectivity index (χ1) is 10.2. The van der Waals surface area contributed by atoms with Crippen LogP contribution in [0, 0.1) is 5.92 Å². The van der Waals surface area contributed by atoms with Gasteiger partial charge in [0, 0.05) is 18.7 Å². The van der Waals surface area contributed by atoms with Crippen molar-refractivity contribution in [3.05, 3.63) is 29.8 Å². The van der Waals surface area contributed by atoms with E-state index in [9.17, 15) is 9.59 Å². The Bertz CT molecular complexity index is 498. The van der Waals surface area contributed by atoms with E-state index in [4.69, 9.17) is 9.47 Å². The van der Waals surface area contributed by atoms with Gasteiger partial charge in [0.15, 0.2) is 0 Å². The molecule has 1 aliphatic rings. The van der Waals surface area contributed by atoms with Crippen LogP contribution >= 0.6 is 0 Å². The first-order valence-electron chi connectivity index (χ1n) is 7.25. The SMILES string of the molecule is CCOc1ccc(C(=O)N2CCC[C@H](C(=O)OC)C2)cc1. The number of carbonyl (C=O) groups is 2. The minimum absolute atomic E-state index is 0.0494. The maximum absolute atomic E-state index is 12.5. The summed E-state index contributed by atoms with van der Waals surface area (Å²) in [6.07, 6.45) is 1.60. The second-order valence-electron chi connectivity index (χ2n) is 5.07. The van der Waals surface area contributed by atoms with E-state index in [2.05, 4.69) is 0 Å². The maximum Gasteiger partial charge on any atom is 0.310 e. The number of hydrogen-bond donors (Lipinski definition) is 0. The lowest BCUT2D eigenvalue weighted by molar-refractivity contribution is -0.146. The van der Waals surface area contributed by atoms with Crippen molar-refractivity contribution in [2.45, 2.75) is 19.8 Å². The standard InChI is InChI=1S/C16H21NO4/c1-3-21-14-8-6-12(7-9-14)15(18)17-10-4-5-13(11-17)16(19)20-2/h6-9,13H,3-5,10-11H2,1-2H3/t13-/m0/s1. The van der Waals surface area contributed by atoms with E-state index < -0.39 is 0 Å². The van der Waals surface area contributed by atoms with E-state index in [1.807, 2.05) is 6.92 Å². The summed E-state index contributed by atoms with van der Waals surface area (Å²) in [4.78, 5) is 25.8. The van der Waals surface area contributed by atoms with Crippen LogP contribution in [0.2, 0.25) is 0 Å². The van der Waals surface area contributed by atoms with Gasteiger partial charge in [0.25, 0.3) is 5.91 Å². The number of carbonyl (C=O) groups excluding carboxylic acids is 2. The Kier molecular flexibility index (Phi) is 5.20. The highest BCUT2D eigenvalue weighted by molar-refractivity contribution is 5.94. The Morgan fingerprint density at radius 1 is 1.29 bits per heavy atom. The smallest absolute Gasteiger partial charge is 0.310 e. The molecule has 0 N–H and O–H groups in total. The van der Waals surface area contributed by atoms with Crippen LogP contribution in [0.25, 0.3) is 0 Å². The van der Waals surface area contributed by atoms with Crippen molar-refractivity contribution in [3.63, 3.8) is 0 Å². The van der Waals surface area contributed by atoms with Crippen molar-refractivity contribution < 1.29 is 19.1 Å². The topological polar surface area (TPSA) is 55.8 Å². The van der Waals surface area contributed by atoms with Gasteiger partial charge in [-0.3, -0.25) is 9.59 Å². The fraction of sp³-hybridized carbons (Fsp3) is 0.500. The lowest BCUT2D eigenvalue weighted by Crippen LogP contribution is -2.42. The van der Waals surface area contributed by atoms with E-state index in [0.717, 1.165) is 18.6 Å². The summed E-state index contributed by atoms with van der Waals surface area (Å²) in [6.45, 7) is 3.62. The van der Waals surface area contributed by atoms with Crippen molar-refractivity contribution in [1.29, 1.82) is 0 Å². The lowest BCUT2D eigenvalue weighted by atomic mass is 9.97. The van der Waals surface area contributed by atoms with Crippen LogP contribution in [0.5, 0.6) is 5.75 Å². The molecule has 21 heavy (non-hydrogen) atoms. The largest absolute Gasteiger partial charge is 0.494 e. The minimum Gasteiger partial charge on any atom is -0.494 e. The normalized spacial score (nSPS) is 18.2. The molecule has 1 amide bonds. The quantitative estimate of drug-likeness (QED) is 0.797. The van der Waals surface area contributed by atoms with Gasteiger partial charge >= 0.3 is 5.97 Å². The molecule has 5 heteroatoms. The van der Waals surface area contributed by atoms with Crippen LogP contribution in [0.4, 0.5) is 0 Å². The van der Waals surface area contributed by atoms with Gasteiger partial charge in [-0.25, -0.2) is 0 Å². The Labute approximate surface area is 124 Å². The van der Waals surface area contributed by atoms with E-state index >= 15 is 0 Å². The van der Waals surface area contributed by atoms with Gasteiger partial charge in [0.05, 0.1) is 19.6 Å². The number of ether oxygens (including phenoxy) is 2. The molecule has 1 atom stereocenters. The van der Waals surface area contributed by atoms with Crippen LogP contribution in [0.15, 0.2) is 24.3 Å². The first-order valence-corrected chi connectivity index (χ1v) is 7.25. The zero-order valence-electron chi connectivity index (χ0n) is 12.5. The zero-order valence-corrected chi connectivity index (χ0v) is 12.5. The van der Waals surface area contributed by atoms with Gasteiger partial charge in [-0.1, -0.05) is 0 Å². The highest BCUT2D eigenvalue weighted by Crippen LogP contribution is 2.20. The van der Waals surface area contributed by atoms with Crippen molar-refractivity contribution >= 4 is 11.9 Å². The van der Waals surface area contributed by atoms with E-state index in [-0.39, 0.29) is 17.8 Å². The van der Waals surface area contributed by atoms with Crippen molar-refractivity contribution in [3.8, 4) is 5.75 Å². The molecule has 0 bridgehead atoms. The molecule has 1 heterocycles. The average Bonchev–Trinajstić information content (AvgIpc) is 2.54. The number of amides is 1. The number of methoxy groups -OCH3 is 1. The van der Waals surface area contributed by atoms with Crippen LogP contribution in [0.3, 0.4) is 0 Å². The number of rotatable bonds is 4. The Morgan fingerprint density at radius 2 is 2.00 bits per heavy atom. The minimum atomic E-state index is -0.237. The number of likely N-dealkylation sites (tertiary alicyclic amines) is 1. The second kappa shape index (κ2) is 7.11. The predicted molar refractivity (Wildman–Crippen MR) is 78.3 cm³/mol. The molecule has 0 saturated carbocycles. The van der Waals surface area contributed by atoms with Crippen molar-refractivity contribution in [2.75, 3.05) is 26.8 Å². The predicted octanol–water partition coefficient (Wildman–Crippen LogP) is 2.11. The molecule has 0 aromatic heterocycles. The van der Waals surface area contributed by atoms with Gasteiger partial charge in [-0.15, -0.1) is 0 Å². The molecule has 1 saturated heterocycles. The fourth-order valence-electron chi connectivity index (χ4n) is 2.56. The average molecular weight is 291 g/mol. The fourth-order valence-corrected chi connectivity index (χ4v) is 2.56. The van der Waals surface area contributed by atoms with E-state index in [1.165, 1.54) is 7.11 Å². The highest BCUT2D eigenvalue weighted by atomic mass is 16.5. The third kappa shape index (κ3) is 3.74. The number of benzene rings is 1. The Balaban J connectivity index is 2.03. The van der Waals surface area contributed by atoms with Crippen LogP contribution < -0.4 is 4.74 Å². The van der Waals surface area contributed by atoms with Gasteiger partial charge in [-0.2, -0.15) is 0 Å². The molecule has 0 spiro atoms.